The van der Waals surface area contributed by atoms with Crippen LogP contribution in [-0.2, 0) is 36.0 Å². The molecular weight excluding hydrogens is 777 g/mol. The van der Waals surface area contributed by atoms with Crippen LogP contribution in [0.2, 0.25) is 12.1 Å². The summed E-state index contributed by atoms with van der Waals surface area (Å²) in [6.07, 6.45) is 0.0543. The number of amides is 2. The third-order valence-electron chi connectivity index (χ3n) is 8.11. The number of nitrogens with one attached hydrogen (secondary N) is 2. The molecule has 0 heterocycles. The molecule has 2 amide bonds. The fourth-order valence-corrected chi connectivity index (χ4v) is 10.9. The second kappa shape index (κ2) is 27.6. The molecule has 0 bridgehead atoms. The molecule has 20 heteroatoms. The normalized spacial score (nSPS) is 11.8. The van der Waals surface area contributed by atoms with Gasteiger partial charge in [0.15, 0.2) is 0 Å². The van der Waals surface area contributed by atoms with Gasteiger partial charge in [0.05, 0.1) is 29.4 Å². The first-order valence-corrected chi connectivity index (χ1v) is 23.5. The minimum atomic E-state index is -2.82. The van der Waals surface area contributed by atoms with Gasteiger partial charge in [0, 0.05) is 82.6 Å². The first-order valence-electron chi connectivity index (χ1n) is 19.7. The minimum Gasteiger partial charge on any atom is -0.448 e. The number of benzene rings is 2. The van der Waals surface area contributed by atoms with E-state index in [9.17, 15) is 19.7 Å². The summed E-state index contributed by atoms with van der Waals surface area (Å²) in [7, 11) is -5.64. The molecular formula is C37H62N6O12Si2. The van der Waals surface area contributed by atoms with Crippen LogP contribution in [0.15, 0.2) is 52.7 Å². The molecule has 0 saturated carbocycles. The number of carbonyl (C=O) groups excluding carboxylic acids is 2. The largest absolute Gasteiger partial charge is 0.500 e. The van der Waals surface area contributed by atoms with Crippen molar-refractivity contribution < 1.29 is 50.5 Å². The number of nitro benzene ring substituents is 1. The number of hydrogen-bond donors (Lipinski definition) is 2. The van der Waals surface area contributed by atoms with E-state index in [1.807, 2.05) is 65.5 Å². The maximum atomic E-state index is 12.6. The molecule has 0 atom stereocenters. The SMILES string of the molecule is CCO[Si](CCCNC(=O)OCCN(CCOC(=O)NCCC[Si](OCC)(OCC)OCC)c1ccc(N=Nc2ccc([N+](=O)[O-])cc2)c(C)c1)(OCC)OCC. The van der Waals surface area contributed by atoms with Crippen molar-refractivity contribution in [3.05, 3.63) is 58.1 Å². The van der Waals surface area contributed by atoms with Crippen molar-refractivity contribution in [1.82, 2.24) is 10.6 Å². The zero-order chi connectivity index (χ0) is 41.9. The van der Waals surface area contributed by atoms with Crippen molar-refractivity contribution in [3.8, 4) is 0 Å². The number of ether oxygens (including phenoxy) is 2. The number of alkyl carbamates (subject to hydrolysis) is 2. The van der Waals surface area contributed by atoms with Crippen LogP contribution in [0.4, 0.5) is 32.3 Å². The van der Waals surface area contributed by atoms with Gasteiger partial charge in [0.1, 0.15) is 13.2 Å². The summed E-state index contributed by atoms with van der Waals surface area (Å²) in [6, 6.07) is 12.4. The predicted molar refractivity (Wildman–Crippen MR) is 219 cm³/mol. The number of non-ortho nitro benzene ring substituents is 1. The third kappa shape index (κ3) is 18.4. The van der Waals surface area contributed by atoms with Crippen LogP contribution < -0.4 is 15.5 Å². The Kier molecular flexibility index (Phi) is 23.8. The zero-order valence-corrected chi connectivity index (χ0v) is 36.5. The molecule has 320 valence electrons. The summed E-state index contributed by atoms with van der Waals surface area (Å²) in [4.78, 5) is 37.7. The van der Waals surface area contributed by atoms with Crippen molar-refractivity contribution in [3.63, 3.8) is 0 Å². The van der Waals surface area contributed by atoms with Crippen molar-refractivity contribution in [1.29, 1.82) is 0 Å². The molecule has 57 heavy (non-hydrogen) atoms. The quantitative estimate of drug-likeness (QED) is 0.0258. The summed E-state index contributed by atoms with van der Waals surface area (Å²) in [5.74, 6) is 0. The van der Waals surface area contributed by atoms with Crippen molar-refractivity contribution in [2.75, 3.05) is 83.9 Å². The van der Waals surface area contributed by atoms with E-state index in [0.717, 1.165) is 11.3 Å². The van der Waals surface area contributed by atoms with Gasteiger partial charge in [0.2, 0.25) is 0 Å². The molecule has 0 aliphatic rings. The van der Waals surface area contributed by atoms with Crippen molar-refractivity contribution >= 4 is 52.5 Å². The lowest BCUT2D eigenvalue weighted by Crippen LogP contribution is -2.46. The van der Waals surface area contributed by atoms with Crippen molar-refractivity contribution in [2.24, 2.45) is 10.2 Å². The van der Waals surface area contributed by atoms with Crippen LogP contribution in [-0.4, -0.2) is 114 Å². The van der Waals surface area contributed by atoms with Gasteiger partial charge in [-0.05, 0) is 97.2 Å². The molecule has 0 fully saturated rings. The summed E-state index contributed by atoms with van der Waals surface area (Å²) in [6.45, 7) is 17.5. The summed E-state index contributed by atoms with van der Waals surface area (Å²) >= 11 is 0. The van der Waals surface area contributed by atoms with E-state index in [1.54, 1.807) is 6.07 Å². The number of hydrogen-bond acceptors (Lipinski definition) is 15. The van der Waals surface area contributed by atoms with Crippen LogP contribution in [0.3, 0.4) is 0 Å². The van der Waals surface area contributed by atoms with Crippen LogP contribution in [0.25, 0.3) is 0 Å². The molecule has 0 aromatic heterocycles. The number of nitrogens with zero attached hydrogens (tertiary/aromatic N) is 4. The number of nitro groups is 1. The highest BCUT2D eigenvalue weighted by molar-refractivity contribution is 6.61. The second-order valence-electron chi connectivity index (χ2n) is 12.2. The van der Waals surface area contributed by atoms with E-state index in [0.29, 0.717) is 102 Å². The van der Waals surface area contributed by atoms with Gasteiger partial charge in [-0.15, -0.1) is 0 Å². The maximum Gasteiger partial charge on any atom is 0.500 e. The lowest BCUT2D eigenvalue weighted by molar-refractivity contribution is -0.384. The lowest BCUT2D eigenvalue weighted by atomic mass is 10.1. The standard InChI is InChI=1S/C37H62N6O12Si2/c1-8-50-56(51-9-2,52-10-3)28-14-22-38-36(44)48-26-24-42(25-27-49-37(45)39-23-15-29-57(53-11-4,54-12-5)55-13-6)34-20-21-35(31(7)30-34)41-40-32-16-18-33(19-17-32)43(46)47/h16-21,30H,8-15,22-29H2,1-7H3,(H,38,44)(H,39,45). The Morgan fingerprint density at radius 1 is 0.684 bits per heavy atom. The Bertz CT molecular complexity index is 1420. The highest BCUT2D eigenvalue weighted by Crippen LogP contribution is 2.28. The fourth-order valence-electron chi connectivity index (χ4n) is 5.66. The van der Waals surface area contributed by atoms with Gasteiger partial charge in [-0.1, -0.05) is 0 Å². The molecule has 0 unspecified atom stereocenters. The minimum absolute atomic E-state index is 0.0346. The molecule has 18 nitrogen and oxygen atoms in total. The van der Waals surface area contributed by atoms with Gasteiger partial charge in [0.25, 0.3) is 5.69 Å². The van der Waals surface area contributed by atoms with Gasteiger partial charge in [-0.3, -0.25) is 10.1 Å². The van der Waals surface area contributed by atoms with Crippen LogP contribution in [0, 0.1) is 17.0 Å². The monoisotopic (exact) mass is 838 g/mol. The topological polar surface area (TPSA) is 203 Å². The molecule has 0 aliphatic heterocycles. The number of azo groups is 1. The van der Waals surface area contributed by atoms with Gasteiger partial charge in [-0.2, -0.15) is 10.2 Å². The molecule has 0 radical (unpaired) electrons. The Balaban J connectivity index is 2.03. The van der Waals surface area contributed by atoms with E-state index in [1.165, 1.54) is 24.3 Å². The fraction of sp³-hybridized carbons (Fsp3) is 0.622. The predicted octanol–water partition coefficient (Wildman–Crippen LogP) is 7.45. The highest BCUT2D eigenvalue weighted by Gasteiger charge is 2.40. The Hall–Kier alpha value is -4.03. The van der Waals surface area contributed by atoms with Gasteiger partial charge in [-0.25, -0.2) is 9.59 Å². The average molecular weight is 839 g/mol. The third-order valence-corrected chi connectivity index (χ3v) is 14.4. The van der Waals surface area contributed by atoms with Gasteiger partial charge >= 0.3 is 29.8 Å². The summed E-state index contributed by atoms with van der Waals surface area (Å²) < 4.78 is 46.3. The Labute approximate surface area is 338 Å². The molecule has 0 saturated heterocycles. The van der Waals surface area contributed by atoms with Crippen LogP contribution >= 0.6 is 0 Å². The molecule has 2 rings (SSSR count). The first-order chi connectivity index (χ1) is 27.5. The molecule has 0 aliphatic carbocycles. The summed E-state index contributed by atoms with van der Waals surface area (Å²) in [5.41, 5.74) is 2.61. The zero-order valence-electron chi connectivity index (χ0n) is 34.5. The number of carbonyl (C=O) groups is 2. The molecule has 2 N–H and O–H groups in total. The number of anilines is 1. The first kappa shape index (κ1) is 49.1. The molecule has 2 aromatic rings. The van der Waals surface area contributed by atoms with Crippen LogP contribution in [0.5, 0.6) is 0 Å². The summed E-state index contributed by atoms with van der Waals surface area (Å²) in [5, 5.41) is 25.1. The lowest BCUT2D eigenvalue weighted by Gasteiger charge is -2.28. The maximum absolute atomic E-state index is 12.6. The number of aryl methyl sites for hydroxylation is 1. The van der Waals surface area contributed by atoms with Crippen molar-refractivity contribution in [2.45, 2.75) is 73.4 Å². The highest BCUT2D eigenvalue weighted by atomic mass is 28.4. The Morgan fingerprint density at radius 2 is 1.12 bits per heavy atom. The molecule has 0 spiro atoms. The van der Waals surface area contributed by atoms with Crippen LogP contribution in [0.1, 0.15) is 59.9 Å². The molecule has 2 aromatic carbocycles. The van der Waals surface area contributed by atoms with E-state index in [-0.39, 0.29) is 18.9 Å². The smallest absolute Gasteiger partial charge is 0.448 e. The van der Waals surface area contributed by atoms with Gasteiger partial charge < -0.3 is 51.6 Å². The Morgan fingerprint density at radius 3 is 1.51 bits per heavy atom. The number of rotatable bonds is 30. The van der Waals surface area contributed by atoms with E-state index in [4.69, 9.17) is 36.0 Å². The average Bonchev–Trinajstić information content (AvgIpc) is 3.18. The van der Waals surface area contributed by atoms with E-state index in [2.05, 4.69) is 20.9 Å². The second-order valence-corrected chi connectivity index (χ2v) is 17.7. The van der Waals surface area contributed by atoms with E-state index < -0.39 is 34.7 Å². The van der Waals surface area contributed by atoms with E-state index >= 15 is 0 Å².